The number of ether oxygens (including phenoxy) is 1. The van der Waals surface area contributed by atoms with Crippen LogP contribution in [-0.2, 0) is 35.6 Å². The summed E-state index contributed by atoms with van der Waals surface area (Å²) in [7, 11) is 1.38. The number of amides is 1. The molecule has 0 bridgehead atoms. The highest BCUT2D eigenvalue weighted by Crippen LogP contribution is 2.31. The summed E-state index contributed by atoms with van der Waals surface area (Å²) < 4.78 is 71.1. The molecule has 3 heterocycles. The molecule has 0 radical (unpaired) electrons. The molecule has 0 aromatic carbocycles. The van der Waals surface area contributed by atoms with Gasteiger partial charge in [-0.2, -0.15) is 13.2 Å². The molecule has 0 saturated carbocycles. The van der Waals surface area contributed by atoms with E-state index in [4.69, 9.17) is 4.74 Å². The Kier molecular flexibility index (Phi) is 6.68. The second-order valence-electron chi connectivity index (χ2n) is 8.41. The molecule has 0 fully saturated rings. The third-order valence-corrected chi connectivity index (χ3v) is 5.50. The van der Waals surface area contributed by atoms with Crippen LogP contribution in [0, 0.1) is 0 Å². The Morgan fingerprint density at radius 3 is 2.53 bits per heavy atom. The lowest BCUT2D eigenvalue weighted by Crippen LogP contribution is -2.47. The average molecular weight is 502 g/mol. The van der Waals surface area contributed by atoms with Gasteiger partial charge in [0.1, 0.15) is 23.0 Å². The van der Waals surface area contributed by atoms with Crippen LogP contribution in [0.4, 0.5) is 18.0 Å². The first-order chi connectivity index (χ1) is 15.6. The molecule has 2 aromatic heterocycles. The quantitative estimate of drug-likeness (QED) is 0.614. The molecular weight excluding hydrogens is 479 g/mol. The lowest BCUT2D eigenvalue weighted by atomic mass is 10.2. The second-order valence-corrected chi connectivity index (χ2v) is 9.32. The summed E-state index contributed by atoms with van der Waals surface area (Å²) in [5.74, 6) is -0.103. The van der Waals surface area contributed by atoms with E-state index in [0.29, 0.717) is 4.57 Å². The van der Waals surface area contributed by atoms with Crippen molar-refractivity contribution in [1.29, 1.82) is 0 Å². The summed E-state index contributed by atoms with van der Waals surface area (Å²) in [6, 6.07) is 0.743. The van der Waals surface area contributed by atoms with Crippen LogP contribution >= 0.6 is 0 Å². The van der Waals surface area contributed by atoms with Crippen molar-refractivity contribution in [3.05, 3.63) is 45.0 Å². The number of carbonyl (C=O) groups excluding carboxylic acids is 1. The molecule has 1 aliphatic heterocycles. The predicted octanol–water partition coefficient (Wildman–Crippen LogP) is 2.33. The van der Waals surface area contributed by atoms with E-state index in [9.17, 15) is 31.5 Å². The van der Waals surface area contributed by atoms with Crippen molar-refractivity contribution in [2.24, 2.45) is 7.05 Å². The molecule has 2 unspecified atom stereocenters. The lowest BCUT2D eigenvalue weighted by Gasteiger charge is -2.27. The van der Waals surface area contributed by atoms with Crippen molar-refractivity contribution < 1.29 is 31.5 Å². The average Bonchev–Trinajstić information content (AvgIpc) is 3.02. The number of allylic oxidation sites excluding steroid dienone is 1. The van der Waals surface area contributed by atoms with E-state index in [0.717, 1.165) is 6.07 Å². The maximum Gasteiger partial charge on any atom is 0.431 e. The number of aromatic nitrogens is 3. The number of alkyl halides is 3. The Labute approximate surface area is 194 Å². The molecule has 0 saturated heterocycles. The van der Waals surface area contributed by atoms with Gasteiger partial charge in [-0.1, -0.05) is 0 Å². The Morgan fingerprint density at radius 2 is 2.00 bits per heavy atom. The number of nitrogens with one attached hydrogen (secondary N) is 2. The number of imidazole rings is 1. The number of pyridine rings is 1. The zero-order chi connectivity index (χ0) is 25.6. The number of dihydropyridines is 1. The van der Waals surface area contributed by atoms with Gasteiger partial charge < -0.3 is 23.7 Å². The number of halogens is 3. The van der Waals surface area contributed by atoms with Crippen molar-refractivity contribution in [3.8, 4) is 0 Å². The summed E-state index contributed by atoms with van der Waals surface area (Å²) in [5, 5.41) is 5.29. The maximum atomic E-state index is 13.5. The molecule has 186 valence electrons. The zero-order valence-electron chi connectivity index (χ0n) is 18.9. The number of nitrogens with zero attached hydrogens (tertiary/aromatic N) is 3. The summed E-state index contributed by atoms with van der Waals surface area (Å²) in [6.07, 6.45) is -3.94. The van der Waals surface area contributed by atoms with Gasteiger partial charge in [-0.3, -0.25) is 14.3 Å². The molecule has 14 heteroatoms. The van der Waals surface area contributed by atoms with Crippen LogP contribution < -0.4 is 16.2 Å². The highest BCUT2D eigenvalue weighted by molar-refractivity contribution is 7.83. The molecule has 1 amide bonds. The van der Waals surface area contributed by atoms with E-state index in [-0.39, 0.29) is 34.0 Å². The molecule has 2 N–H and O–H groups in total. The predicted molar refractivity (Wildman–Crippen MR) is 117 cm³/mol. The fraction of sp³-hybridized carbons (Fsp3) is 0.450. The summed E-state index contributed by atoms with van der Waals surface area (Å²) in [4.78, 5) is 28.9. The third kappa shape index (κ3) is 5.01. The fourth-order valence-electron chi connectivity index (χ4n) is 3.46. The molecule has 34 heavy (non-hydrogen) atoms. The normalized spacial score (nSPS) is 17.6. The van der Waals surface area contributed by atoms with Crippen molar-refractivity contribution >= 4 is 33.9 Å². The largest absolute Gasteiger partial charge is 0.768 e. The first-order valence-corrected chi connectivity index (χ1v) is 11.2. The van der Waals surface area contributed by atoms with Crippen LogP contribution in [0.5, 0.6) is 0 Å². The van der Waals surface area contributed by atoms with Crippen LogP contribution in [0.2, 0.25) is 0 Å². The van der Waals surface area contributed by atoms with Crippen molar-refractivity contribution in [2.75, 3.05) is 0 Å². The van der Waals surface area contributed by atoms with Gasteiger partial charge in [0.25, 0.3) is 5.56 Å². The number of fused-ring (bicyclic) bond motifs is 1. The Balaban J connectivity index is 2.12. The van der Waals surface area contributed by atoms with E-state index in [1.165, 1.54) is 30.7 Å². The standard InChI is InChI=1S/C20H24F3N5O5S/c1-6-28-12(20(21,22)23)9-10-15(17(28)29)27(5)16(24-10)14-11(34(31)32)7-8-13(25-14)26-18(30)33-19(2,3)4/h7-9,13,25H,6H2,1-5H3,(H,26,30)(H,31,32)/p-1. The number of carbonyl (C=O) groups is 1. The van der Waals surface area contributed by atoms with Gasteiger partial charge in [-0.05, 0) is 57.0 Å². The molecule has 0 spiro atoms. The number of hydrogen-bond acceptors (Lipinski definition) is 7. The topological polar surface area (TPSA) is 130 Å². The molecule has 1 aliphatic rings. The molecule has 3 rings (SSSR count). The van der Waals surface area contributed by atoms with E-state index >= 15 is 0 Å². The minimum Gasteiger partial charge on any atom is -0.768 e. The van der Waals surface area contributed by atoms with Crippen LogP contribution in [-0.4, -0.2) is 40.7 Å². The lowest BCUT2D eigenvalue weighted by molar-refractivity contribution is -0.144. The fourth-order valence-corrected chi connectivity index (χ4v) is 3.97. The number of alkyl carbamates (subject to hydrolysis) is 1. The van der Waals surface area contributed by atoms with E-state index in [2.05, 4.69) is 15.6 Å². The number of aryl methyl sites for hydroxylation is 1. The first kappa shape index (κ1) is 25.5. The van der Waals surface area contributed by atoms with E-state index in [1.54, 1.807) is 20.8 Å². The Bertz CT molecular complexity index is 1290. The Hall–Kier alpha value is -3.13. The summed E-state index contributed by atoms with van der Waals surface area (Å²) in [5.41, 5.74) is -3.37. The first-order valence-electron chi connectivity index (χ1n) is 10.1. The van der Waals surface area contributed by atoms with E-state index in [1.807, 2.05) is 0 Å². The number of hydrogen-bond donors (Lipinski definition) is 2. The maximum absolute atomic E-state index is 13.5. The van der Waals surface area contributed by atoms with Crippen molar-refractivity contribution in [3.63, 3.8) is 0 Å². The van der Waals surface area contributed by atoms with Gasteiger partial charge in [-0.15, -0.1) is 0 Å². The second kappa shape index (κ2) is 8.91. The summed E-state index contributed by atoms with van der Waals surface area (Å²) >= 11 is -2.77. The minimum absolute atomic E-state index is 0.103. The SMILES string of the molecule is CCn1c(C(F)(F)F)cc2nc(C3=C(S(=O)[O-])C=CC(NC(=O)OC(C)(C)C)N3)n(C)c2c1=O. The zero-order valence-corrected chi connectivity index (χ0v) is 19.8. The molecule has 2 aromatic rings. The van der Waals surface area contributed by atoms with Crippen LogP contribution in [0.25, 0.3) is 16.7 Å². The monoisotopic (exact) mass is 502 g/mol. The van der Waals surface area contributed by atoms with Crippen LogP contribution in [0.15, 0.2) is 27.9 Å². The smallest absolute Gasteiger partial charge is 0.431 e. The third-order valence-electron chi connectivity index (χ3n) is 4.80. The number of rotatable bonds is 4. The highest BCUT2D eigenvalue weighted by Gasteiger charge is 2.36. The van der Waals surface area contributed by atoms with Gasteiger partial charge in [0.05, 0.1) is 16.1 Å². The van der Waals surface area contributed by atoms with E-state index < -0.39 is 46.4 Å². The summed E-state index contributed by atoms with van der Waals surface area (Å²) in [6.45, 7) is 6.17. The molecule has 2 atom stereocenters. The highest BCUT2D eigenvalue weighted by atomic mass is 32.2. The minimum atomic E-state index is -4.80. The van der Waals surface area contributed by atoms with Gasteiger partial charge in [0.2, 0.25) is 0 Å². The van der Waals surface area contributed by atoms with Crippen LogP contribution in [0.3, 0.4) is 0 Å². The molecular formula is C20H23F3N5O5S-. The molecule has 0 aliphatic carbocycles. The van der Waals surface area contributed by atoms with Gasteiger partial charge in [0.15, 0.2) is 5.82 Å². The van der Waals surface area contributed by atoms with Crippen molar-refractivity contribution in [2.45, 2.75) is 52.2 Å². The molecule has 10 nitrogen and oxygen atoms in total. The Morgan fingerprint density at radius 1 is 1.35 bits per heavy atom. The van der Waals surface area contributed by atoms with Gasteiger partial charge >= 0.3 is 12.3 Å². The van der Waals surface area contributed by atoms with Gasteiger partial charge in [0, 0.05) is 13.6 Å². The van der Waals surface area contributed by atoms with Gasteiger partial charge in [-0.25, -0.2) is 9.78 Å². The van der Waals surface area contributed by atoms with Crippen LogP contribution in [0.1, 0.15) is 39.2 Å². The van der Waals surface area contributed by atoms with Crippen molar-refractivity contribution in [1.82, 2.24) is 24.8 Å².